The van der Waals surface area contributed by atoms with Gasteiger partial charge in [-0.2, -0.15) is 31.9 Å². The summed E-state index contributed by atoms with van der Waals surface area (Å²) in [6.07, 6.45) is -4.83. The Morgan fingerprint density at radius 3 is 2.58 bits per heavy atom. The van der Waals surface area contributed by atoms with Crippen molar-refractivity contribution >= 4 is 11.5 Å². The number of fused-ring (bicyclic) bond motifs is 4. The van der Waals surface area contributed by atoms with Gasteiger partial charge in [0.1, 0.15) is 18.6 Å². The lowest BCUT2D eigenvalue weighted by Gasteiger charge is -2.37. The van der Waals surface area contributed by atoms with E-state index in [-0.39, 0.29) is 37.7 Å². The summed E-state index contributed by atoms with van der Waals surface area (Å²) in [7, 11) is 0. The third-order valence-corrected chi connectivity index (χ3v) is 10.1. The fraction of sp³-hybridized carbons (Fsp3) is 0.667. The highest BCUT2D eigenvalue weighted by molar-refractivity contribution is 5.56. The Labute approximate surface area is 255 Å². The lowest BCUT2D eigenvalue weighted by atomic mass is 9.88. The lowest BCUT2D eigenvalue weighted by Crippen LogP contribution is -2.52. The quantitative estimate of drug-likeness (QED) is 0.341. The molecule has 5 aliphatic rings. The molecular weight excluding hydrogens is 609 g/mol. The molecule has 1 aromatic heterocycles. The first-order valence-corrected chi connectivity index (χ1v) is 15.3. The van der Waals surface area contributed by atoms with Gasteiger partial charge < -0.3 is 25.4 Å². The van der Waals surface area contributed by atoms with E-state index in [2.05, 4.69) is 20.1 Å². The molecule has 246 valence electrons. The minimum absolute atomic E-state index is 0.0103. The van der Waals surface area contributed by atoms with E-state index in [1.807, 2.05) is 0 Å². The first-order valence-electron chi connectivity index (χ1n) is 15.3. The predicted molar refractivity (Wildman–Crippen MR) is 149 cm³/mol. The zero-order valence-electron chi connectivity index (χ0n) is 24.7. The van der Waals surface area contributed by atoms with Crippen LogP contribution in [-0.4, -0.2) is 77.6 Å². The second-order valence-electron chi connectivity index (χ2n) is 13.1. The van der Waals surface area contributed by atoms with E-state index in [4.69, 9.17) is 20.2 Å². The van der Waals surface area contributed by atoms with Gasteiger partial charge in [0.2, 0.25) is 0 Å². The Morgan fingerprint density at radius 2 is 1.87 bits per heavy atom. The predicted octanol–water partition coefficient (Wildman–Crippen LogP) is 4.87. The maximum absolute atomic E-state index is 15.5. The molecule has 4 fully saturated rings. The van der Waals surface area contributed by atoms with E-state index < -0.39 is 58.1 Å². The average molecular weight is 645 g/mol. The molecule has 5 atom stereocenters. The lowest BCUT2D eigenvalue weighted by molar-refractivity contribution is -0.290. The molecule has 2 aromatic rings. The highest BCUT2D eigenvalue weighted by Gasteiger charge is 2.61. The molecule has 3 N–H and O–H groups in total. The summed E-state index contributed by atoms with van der Waals surface area (Å²) in [5.41, 5.74) is 2.55. The van der Waals surface area contributed by atoms with Crippen molar-refractivity contribution in [1.29, 1.82) is 0 Å². The van der Waals surface area contributed by atoms with Crippen molar-refractivity contribution in [1.82, 2.24) is 20.2 Å². The molecule has 0 spiro atoms. The monoisotopic (exact) mass is 644 g/mol. The van der Waals surface area contributed by atoms with Gasteiger partial charge in [0.25, 0.3) is 0 Å². The second kappa shape index (κ2) is 10.8. The van der Waals surface area contributed by atoms with Crippen LogP contribution in [0.4, 0.5) is 42.2 Å². The number of alkyl halides is 6. The molecule has 4 saturated heterocycles. The fourth-order valence-corrected chi connectivity index (χ4v) is 8.07. The number of aryl methyl sites for hydroxylation is 1. The van der Waals surface area contributed by atoms with Gasteiger partial charge in [-0.25, -0.2) is 8.78 Å². The number of halogens is 7. The summed E-state index contributed by atoms with van der Waals surface area (Å²) < 4.78 is 113. The van der Waals surface area contributed by atoms with Crippen LogP contribution in [0.3, 0.4) is 0 Å². The molecule has 0 amide bonds. The Bertz CT molecular complexity index is 1480. The summed E-state index contributed by atoms with van der Waals surface area (Å²) in [5.74, 6) is -6.23. The second-order valence-corrected chi connectivity index (χ2v) is 13.1. The summed E-state index contributed by atoms with van der Waals surface area (Å²) in [5, 5.41) is 3.55. The normalized spacial score (nSPS) is 30.1. The van der Waals surface area contributed by atoms with Crippen LogP contribution in [-0.2, 0) is 23.7 Å². The van der Waals surface area contributed by atoms with Gasteiger partial charge in [0.15, 0.2) is 5.82 Å². The van der Waals surface area contributed by atoms with E-state index in [1.54, 1.807) is 0 Å². The summed E-state index contributed by atoms with van der Waals surface area (Å²) >= 11 is 0. The number of ether oxygens (including phenoxy) is 2. The van der Waals surface area contributed by atoms with E-state index in [0.29, 0.717) is 43.1 Å². The third-order valence-electron chi connectivity index (χ3n) is 10.1. The van der Waals surface area contributed by atoms with Crippen LogP contribution in [0, 0.1) is 12.7 Å². The van der Waals surface area contributed by atoms with Gasteiger partial charge in [0.05, 0.1) is 29.6 Å². The first-order chi connectivity index (χ1) is 21.3. The molecule has 15 heteroatoms. The number of nitrogens with zero attached hydrogens (tertiary/aromatic N) is 4. The fourth-order valence-electron chi connectivity index (χ4n) is 8.07. The number of hydrogen-bond acceptors (Lipinski definition) is 8. The van der Waals surface area contributed by atoms with E-state index >= 15 is 4.39 Å². The number of aromatic nitrogens is 2. The van der Waals surface area contributed by atoms with Crippen molar-refractivity contribution in [2.45, 2.75) is 94.1 Å². The molecule has 0 radical (unpaired) electrons. The zero-order chi connectivity index (χ0) is 31.9. The van der Waals surface area contributed by atoms with Gasteiger partial charge in [-0.15, -0.1) is 0 Å². The topological polar surface area (TPSA) is 88.8 Å². The highest BCUT2D eigenvalue weighted by atomic mass is 19.4. The standard InChI is InChI=1S/C30H35F7N6O2/c1-15-7-20(38)25(32)23(24(15)29(33,34)30(35,36)37)22-8-21-19(13-44-22)26(42-11-17-3-4-18(12-42)39-17)41-27(40-21)45-14-28-5-2-6-43(28)10-16(31)9-28/h7,16-18,22,39H,2-6,8-14,38H2,1H3/t16-,17?,18?,22-,28+/m1/s1. The molecule has 45 heavy (non-hydrogen) atoms. The number of benzene rings is 1. The number of nitrogen functional groups attached to an aromatic ring is 1. The van der Waals surface area contributed by atoms with Gasteiger partial charge in [-0.05, 0) is 50.8 Å². The van der Waals surface area contributed by atoms with E-state index in [1.165, 1.54) is 0 Å². The summed E-state index contributed by atoms with van der Waals surface area (Å²) in [6, 6.07) is 1.23. The molecule has 8 nitrogen and oxygen atoms in total. The van der Waals surface area contributed by atoms with Crippen LogP contribution in [0.15, 0.2) is 6.07 Å². The van der Waals surface area contributed by atoms with E-state index in [9.17, 15) is 26.3 Å². The number of anilines is 2. The van der Waals surface area contributed by atoms with Crippen molar-refractivity contribution in [3.05, 3.63) is 39.8 Å². The minimum Gasteiger partial charge on any atom is -0.461 e. The summed E-state index contributed by atoms with van der Waals surface area (Å²) in [4.78, 5) is 13.5. The highest BCUT2D eigenvalue weighted by Crippen LogP contribution is 2.50. The van der Waals surface area contributed by atoms with Crippen LogP contribution in [0.25, 0.3) is 0 Å². The molecular formula is C30H35F7N6O2. The molecule has 1 aromatic carbocycles. The molecule has 2 unspecified atom stereocenters. The molecule has 0 aliphatic carbocycles. The molecule has 7 rings (SSSR count). The molecule has 2 bridgehead atoms. The molecule has 5 aliphatic heterocycles. The van der Waals surface area contributed by atoms with E-state index in [0.717, 1.165) is 45.2 Å². The summed E-state index contributed by atoms with van der Waals surface area (Å²) in [6.45, 7) is 3.29. The average Bonchev–Trinajstić information content (AvgIpc) is 3.62. The number of piperazine rings is 1. The van der Waals surface area contributed by atoms with Gasteiger partial charge in [0, 0.05) is 61.2 Å². The van der Waals surface area contributed by atoms with Crippen molar-refractivity contribution in [3.8, 4) is 6.01 Å². The number of nitrogens with one attached hydrogen (secondary N) is 1. The number of rotatable bonds is 6. The number of nitrogens with two attached hydrogens (primary N) is 1. The maximum atomic E-state index is 15.5. The number of hydrogen-bond donors (Lipinski definition) is 2. The minimum atomic E-state index is -5.98. The molecule has 6 heterocycles. The van der Waals surface area contributed by atoms with Gasteiger partial charge >= 0.3 is 18.1 Å². The Kier molecular flexibility index (Phi) is 7.40. The Hall–Kier alpha value is -2.91. The smallest absolute Gasteiger partial charge is 0.458 e. The maximum Gasteiger partial charge on any atom is 0.458 e. The SMILES string of the molecule is Cc1cc(N)c(F)c([C@H]2Cc3nc(OC[C@@]45CCCN4C[C@H](F)C5)nc(N4CC5CCC(C4)N5)c3CO2)c1C(F)(F)C(F)(F)F. The van der Waals surface area contributed by atoms with Crippen molar-refractivity contribution in [3.63, 3.8) is 0 Å². The molecule has 0 saturated carbocycles. The van der Waals surface area contributed by atoms with Crippen LogP contribution in [0.5, 0.6) is 6.01 Å². The Morgan fingerprint density at radius 1 is 1.13 bits per heavy atom. The zero-order valence-corrected chi connectivity index (χ0v) is 24.7. The van der Waals surface area contributed by atoms with Crippen LogP contribution < -0.4 is 20.7 Å². The van der Waals surface area contributed by atoms with Crippen LogP contribution in [0.2, 0.25) is 0 Å². The van der Waals surface area contributed by atoms with Gasteiger partial charge in [-0.1, -0.05) is 0 Å². The van der Waals surface area contributed by atoms with Crippen molar-refractivity contribution in [2.24, 2.45) is 0 Å². The Balaban J connectivity index is 1.27. The third kappa shape index (κ3) is 5.18. The largest absolute Gasteiger partial charge is 0.461 e. The van der Waals surface area contributed by atoms with Gasteiger partial charge in [-0.3, -0.25) is 4.90 Å². The first kappa shape index (κ1) is 30.7. The van der Waals surface area contributed by atoms with Crippen LogP contribution >= 0.6 is 0 Å². The van der Waals surface area contributed by atoms with Crippen molar-refractivity contribution < 1.29 is 40.2 Å². The van der Waals surface area contributed by atoms with Crippen molar-refractivity contribution in [2.75, 3.05) is 43.4 Å². The van der Waals surface area contributed by atoms with Crippen LogP contribution in [0.1, 0.15) is 66.2 Å².